The largest absolute Gasteiger partial charge is 0.286 e. The molecule has 0 radical (unpaired) electrons. The third-order valence-electron chi connectivity index (χ3n) is 3.74. The van der Waals surface area contributed by atoms with Crippen LogP contribution >= 0.6 is 0 Å². The summed E-state index contributed by atoms with van der Waals surface area (Å²) in [6.45, 7) is 0. The van der Waals surface area contributed by atoms with Crippen molar-refractivity contribution in [1.82, 2.24) is 0 Å². The Kier molecular flexibility index (Phi) is 5.06. The van der Waals surface area contributed by atoms with Gasteiger partial charge in [-0.1, -0.05) is 35.9 Å². The lowest BCUT2D eigenvalue weighted by Crippen LogP contribution is -2.29. The summed E-state index contributed by atoms with van der Waals surface area (Å²) in [5.74, 6) is -0.990. The van der Waals surface area contributed by atoms with Crippen molar-refractivity contribution in [2.45, 2.75) is 30.9 Å². The van der Waals surface area contributed by atoms with Crippen molar-refractivity contribution in [3.63, 3.8) is 0 Å². The Balaban J connectivity index is 2.09. The van der Waals surface area contributed by atoms with Crippen molar-refractivity contribution in [2.24, 2.45) is 0 Å². The summed E-state index contributed by atoms with van der Waals surface area (Å²) in [4.78, 5) is 0. The van der Waals surface area contributed by atoms with Gasteiger partial charge in [-0.25, -0.2) is 0 Å². The SMILES string of the molecule is O=S(=O)(O)CC(CCC1=Cc2ccccc2CC1)S(=O)(=O)O. The summed E-state index contributed by atoms with van der Waals surface area (Å²) in [6.07, 6.45) is 3.88. The van der Waals surface area contributed by atoms with Crippen LogP contribution in [0.1, 0.15) is 30.4 Å². The molecule has 0 amide bonds. The van der Waals surface area contributed by atoms with Gasteiger partial charge in [0.15, 0.2) is 0 Å². The van der Waals surface area contributed by atoms with Crippen LogP contribution in [0.15, 0.2) is 29.8 Å². The van der Waals surface area contributed by atoms with E-state index in [1.807, 2.05) is 30.3 Å². The van der Waals surface area contributed by atoms with Gasteiger partial charge in [0, 0.05) is 0 Å². The predicted molar refractivity (Wildman–Crippen MR) is 83.7 cm³/mol. The molecule has 22 heavy (non-hydrogen) atoms. The number of hydrogen-bond donors (Lipinski definition) is 2. The van der Waals surface area contributed by atoms with Gasteiger partial charge in [-0.05, 0) is 36.8 Å². The molecule has 2 rings (SSSR count). The van der Waals surface area contributed by atoms with Crippen LogP contribution in [0.5, 0.6) is 0 Å². The second kappa shape index (κ2) is 6.49. The maximum atomic E-state index is 11.2. The highest BCUT2D eigenvalue weighted by Gasteiger charge is 2.28. The maximum absolute atomic E-state index is 11.2. The van der Waals surface area contributed by atoms with Gasteiger partial charge in [0.25, 0.3) is 20.2 Å². The van der Waals surface area contributed by atoms with Crippen molar-refractivity contribution in [2.75, 3.05) is 5.75 Å². The third kappa shape index (κ3) is 4.91. The summed E-state index contributed by atoms with van der Waals surface area (Å²) >= 11 is 0. The van der Waals surface area contributed by atoms with Gasteiger partial charge in [0.2, 0.25) is 0 Å². The van der Waals surface area contributed by atoms with Crippen molar-refractivity contribution in [1.29, 1.82) is 0 Å². The lowest BCUT2D eigenvalue weighted by atomic mass is 9.90. The first-order valence-electron chi connectivity index (χ1n) is 6.84. The summed E-state index contributed by atoms with van der Waals surface area (Å²) < 4.78 is 62.1. The minimum Gasteiger partial charge on any atom is -0.286 e. The van der Waals surface area contributed by atoms with Gasteiger partial charge in [0.1, 0.15) is 5.25 Å². The molecule has 0 spiro atoms. The molecule has 1 atom stereocenters. The van der Waals surface area contributed by atoms with Crippen LogP contribution in [-0.4, -0.2) is 36.9 Å². The molecule has 8 heteroatoms. The zero-order valence-corrected chi connectivity index (χ0v) is 13.5. The maximum Gasteiger partial charge on any atom is 0.268 e. The van der Waals surface area contributed by atoms with Crippen LogP contribution in [0.25, 0.3) is 6.08 Å². The lowest BCUT2D eigenvalue weighted by molar-refractivity contribution is 0.453. The Bertz CT molecular complexity index is 777. The van der Waals surface area contributed by atoms with E-state index in [1.54, 1.807) is 0 Å². The molecular weight excluding hydrogens is 328 g/mol. The molecule has 0 aromatic heterocycles. The number of rotatable bonds is 6. The Morgan fingerprint density at radius 1 is 1.05 bits per heavy atom. The molecule has 0 heterocycles. The van der Waals surface area contributed by atoms with Gasteiger partial charge >= 0.3 is 0 Å². The zero-order chi connectivity index (χ0) is 16.4. The van der Waals surface area contributed by atoms with Crippen LogP contribution in [0, 0.1) is 0 Å². The van der Waals surface area contributed by atoms with E-state index in [1.165, 1.54) is 5.56 Å². The molecule has 1 aliphatic rings. The van der Waals surface area contributed by atoms with E-state index in [9.17, 15) is 16.8 Å². The summed E-state index contributed by atoms with van der Waals surface area (Å²) in [7, 11) is -8.99. The third-order valence-corrected chi connectivity index (χ3v) is 6.01. The Morgan fingerprint density at radius 2 is 1.73 bits per heavy atom. The highest BCUT2D eigenvalue weighted by atomic mass is 32.2. The molecule has 6 nitrogen and oxygen atoms in total. The van der Waals surface area contributed by atoms with Gasteiger partial charge in [0.05, 0.1) is 5.75 Å². The van der Waals surface area contributed by atoms with Gasteiger partial charge in [-0.3, -0.25) is 9.11 Å². The first-order chi connectivity index (χ1) is 10.1. The van der Waals surface area contributed by atoms with Crippen LogP contribution in [0.2, 0.25) is 0 Å². The molecule has 0 saturated carbocycles. The molecule has 1 unspecified atom stereocenters. The monoisotopic (exact) mass is 346 g/mol. The Morgan fingerprint density at radius 3 is 2.36 bits per heavy atom. The molecule has 0 bridgehead atoms. The molecule has 122 valence electrons. The molecular formula is C14H18O6S2. The smallest absolute Gasteiger partial charge is 0.268 e. The van der Waals surface area contributed by atoms with Gasteiger partial charge in [-0.15, -0.1) is 0 Å². The molecule has 1 aliphatic carbocycles. The van der Waals surface area contributed by atoms with E-state index in [0.717, 1.165) is 24.0 Å². The second-order valence-corrected chi connectivity index (χ2v) is 8.62. The standard InChI is InChI=1S/C14H18O6S2/c15-21(16,17)10-14(22(18,19)20)8-6-11-5-7-12-3-1-2-4-13(12)9-11/h1-4,9,14H,5-8,10H2,(H,15,16,17)(H,18,19,20). The zero-order valence-electron chi connectivity index (χ0n) is 11.8. The summed E-state index contributed by atoms with van der Waals surface area (Å²) in [6, 6.07) is 7.87. The van der Waals surface area contributed by atoms with Crippen molar-refractivity contribution in [3.8, 4) is 0 Å². The molecule has 0 saturated heterocycles. The highest BCUT2D eigenvalue weighted by molar-refractivity contribution is 7.90. The van der Waals surface area contributed by atoms with Crippen molar-refractivity contribution >= 4 is 26.3 Å². The van der Waals surface area contributed by atoms with E-state index in [0.29, 0.717) is 6.42 Å². The average Bonchev–Trinajstić information content (AvgIpc) is 2.41. The fraction of sp³-hybridized carbons (Fsp3) is 0.429. The molecule has 1 aromatic carbocycles. The molecule has 0 aliphatic heterocycles. The minimum absolute atomic E-state index is 0.0490. The Labute approximate surface area is 130 Å². The summed E-state index contributed by atoms with van der Waals surface area (Å²) in [5.41, 5.74) is 3.29. The Hall–Kier alpha value is -1.22. The van der Waals surface area contributed by atoms with Crippen LogP contribution in [0.3, 0.4) is 0 Å². The molecule has 0 fully saturated rings. The topological polar surface area (TPSA) is 109 Å². The highest BCUT2D eigenvalue weighted by Crippen LogP contribution is 2.27. The molecule has 2 N–H and O–H groups in total. The number of fused-ring (bicyclic) bond motifs is 1. The van der Waals surface area contributed by atoms with Gasteiger partial charge < -0.3 is 0 Å². The number of benzene rings is 1. The van der Waals surface area contributed by atoms with Crippen molar-refractivity contribution < 1.29 is 25.9 Å². The fourth-order valence-corrected chi connectivity index (χ4v) is 4.84. The van der Waals surface area contributed by atoms with E-state index < -0.39 is 31.2 Å². The first kappa shape index (κ1) is 17.1. The van der Waals surface area contributed by atoms with Crippen LogP contribution < -0.4 is 0 Å². The van der Waals surface area contributed by atoms with Gasteiger partial charge in [-0.2, -0.15) is 16.8 Å². The van der Waals surface area contributed by atoms with E-state index in [2.05, 4.69) is 0 Å². The predicted octanol–water partition coefficient (Wildman–Crippen LogP) is 1.94. The van der Waals surface area contributed by atoms with E-state index >= 15 is 0 Å². The second-order valence-electron chi connectivity index (χ2n) is 5.43. The first-order valence-corrected chi connectivity index (χ1v) is 9.95. The van der Waals surface area contributed by atoms with Crippen LogP contribution in [-0.2, 0) is 26.7 Å². The van der Waals surface area contributed by atoms with Crippen molar-refractivity contribution in [3.05, 3.63) is 41.0 Å². The normalized spacial score (nSPS) is 16.7. The number of aryl methyl sites for hydroxylation is 1. The van der Waals surface area contributed by atoms with E-state index in [-0.39, 0.29) is 6.42 Å². The van der Waals surface area contributed by atoms with E-state index in [4.69, 9.17) is 9.11 Å². The van der Waals surface area contributed by atoms with Crippen LogP contribution in [0.4, 0.5) is 0 Å². The minimum atomic E-state index is -4.53. The fourth-order valence-electron chi connectivity index (χ4n) is 2.59. The quantitative estimate of drug-likeness (QED) is 0.762. The summed E-state index contributed by atoms with van der Waals surface area (Å²) in [5, 5.41) is -1.51. The average molecular weight is 346 g/mol. The lowest BCUT2D eigenvalue weighted by Gasteiger charge is -2.18. The number of hydrogen-bond acceptors (Lipinski definition) is 4. The number of allylic oxidation sites excluding steroid dienone is 1. The molecule has 1 aromatic rings.